The van der Waals surface area contributed by atoms with Gasteiger partial charge in [0.25, 0.3) is 5.69 Å². The molecule has 1 aliphatic rings. The molecule has 6 heteroatoms. The molecular weight excluding hydrogens is 330 g/mol. The zero-order valence-corrected chi connectivity index (χ0v) is 14.4. The lowest BCUT2D eigenvalue weighted by atomic mass is 10.1. The Bertz CT molecular complexity index is 809. The van der Waals surface area contributed by atoms with Gasteiger partial charge in [-0.1, -0.05) is 12.1 Å². The number of nitrogens with zero attached hydrogens (tertiary/aromatic N) is 2. The van der Waals surface area contributed by atoms with Gasteiger partial charge in [-0.25, -0.2) is 0 Å². The van der Waals surface area contributed by atoms with Crippen molar-refractivity contribution in [1.82, 2.24) is 0 Å². The van der Waals surface area contributed by atoms with E-state index in [1.54, 1.807) is 18.2 Å². The number of anilines is 2. The number of hydrogen-bond acceptors (Lipinski definition) is 4. The third kappa shape index (κ3) is 4.69. The van der Waals surface area contributed by atoms with Crippen LogP contribution in [0.25, 0.3) is 6.08 Å². The van der Waals surface area contributed by atoms with Gasteiger partial charge in [0, 0.05) is 42.7 Å². The highest BCUT2D eigenvalue weighted by Crippen LogP contribution is 2.22. The van der Waals surface area contributed by atoms with E-state index in [1.165, 1.54) is 43.2 Å². The Hall–Kier alpha value is -3.15. The fourth-order valence-electron chi connectivity index (χ4n) is 3.01. The van der Waals surface area contributed by atoms with E-state index < -0.39 is 4.92 Å². The highest BCUT2D eigenvalue weighted by molar-refractivity contribution is 6.02. The molecule has 0 unspecified atom stereocenters. The Morgan fingerprint density at radius 3 is 2.50 bits per heavy atom. The summed E-state index contributed by atoms with van der Waals surface area (Å²) >= 11 is 0. The fourth-order valence-corrected chi connectivity index (χ4v) is 3.01. The molecule has 0 aliphatic carbocycles. The predicted octanol–water partition coefficient (Wildman–Crippen LogP) is 4.24. The van der Waals surface area contributed by atoms with Gasteiger partial charge >= 0.3 is 0 Å². The van der Waals surface area contributed by atoms with Crippen LogP contribution in [0.1, 0.15) is 24.8 Å². The maximum Gasteiger partial charge on any atom is 0.270 e. The molecule has 0 saturated carbocycles. The van der Waals surface area contributed by atoms with E-state index in [1.807, 2.05) is 24.3 Å². The average molecular weight is 351 g/mol. The number of non-ortho nitro benzene ring substituents is 1. The van der Waals surface area contributed by atoms with Crippen molar-refractivity contribution in [3.05, 3.63) is 70.3 Å². The summed E-state index contributed by atoms with van der Waals surface area (Å²) in [7, 11) is 0. The highest BCUT2D eigenvalue weighted by Gasteiger charge is 2.10. The van der Waals surface area contributed by atoms with Crippen molar-refractivity contribution < 1.29 is 9.72 Å². The lowest BCUT2D eigenvalue weighted by molar-refractivity contribution is -0.384. The summed E-state index contributed by atoms with van der Waals surface area (Å²) in [6.07, 6.45) is 6.67. The second-order valence-corrected chi connectivity index (χ2v) is 6.27. The van der Waals surface area contributed by atoms with Gasteiger partial charge in [-0.3, -0.25) is 14.9 Å². The minimum absolute atomic E-state index is 0.000796. The van der Waals surface area contributed by atoms with E-state index in [-0.39, 0.29) is 11.6 Å². The van der Waals surface area contributed by atoms with Gasteiger partial charge in [-0.05, 0) is 55.2 Å². The number of benzene rings is 2. The first-order chi connectivity index (χ1) is 12.6. The van der Waals surface area contributed by atoms with Crippen LogP contribution in [0.2, 0.25) is 0 Å². The monoisotopic (exact) mass is 351 g/mol. The number of nitro benzene ring substituents is 1. The molecular formula is C20H21N3O3. The third-order valence-corrected chi connectivity index (χ3v) is 4.36. The molecule has 6 nitrogen and oxygen atoms in total. The minimum Gasteiger partial charge on any atom is -0.372 e. The van der Waals surface area contributed by atoms with Gasteiger partial charge < -0.3 is 10.2 Å². The Kier molecular flexibility index (Phi) is 5.63. The summed E-state index contributed by atoms with van der Waals surface area (Å²) in [6.45, 7) is 2.16. The average Bonchev–Trinajstić information content (AvgIpc) is 2.68. The van der Waals surface area contributed by atoms with E-state index in [0.717, 1.165) is 18.8 Å². The maximum atomic E-state index is 12.0. The van der Waals surface area contributed by atoms with E-state index in [2.05, 4.69) is 10.2 Å². The molecule has 0 spiro atoms. The van der Waals surface area contributed by atoms with Crippen molar-refractivity contribution in [2.45, 2.75) is 19.3 Å². The number of nitro groups is 1. The quantitative estimate of drug-likeness (QED) is 0.497. The van der Waals surface area contributed by atoms with Crippen molar-refractivity contribution in [2.24, 2.45) is 0 Å². The standard InChI is InChI=1S/C20H21N3O3/c24-20(12-7-16-5-4-6-19(15-16)23(25)26)21-17-8-10-18(11-9-17)22-13-2-1-3-14-22/h4-12,15H,1-3,13-14H2,(H,21,24)/b12-7+. The summed E-state index contributed by atoms with van der Waals surface area (Å²) in [5, 5.41) is 13.6. The molecule has 134 valence electrons. The topological polar surface area (TPSA) is 75.5 Å². The summed E-state index contributed by atoms with van der Waals surface area (Å²) in [6, 6.07) is 14.0. The Morgan fingerprint density at radius 2 is 1.81 bits per heavy atom. The molecule has 0 aromatic heterocycles. The molecule has 2 aromatic rings. The fraction of sp³-hybridized carbons (Fsp3) is 0.250. The predicted molar refractivity (Wildman–Crippen MR) is 103 cm³/mol. The third-order valence-electron chi connectivity index (χ3n) is 4.36. The molecule has 0 radical (unpaired) electrons. The lowest BCUT2D eigenvalue weighted by Gasteiger charge is -2.28. The molecule has 0 bridgehead atoms. The normalized spacial score (nSPS) is 14.4. The molecule has 1 aliphatic heterocycles. The summed E-state index contributed by atoms with van der Waals surface area (Å²) in [4.78, 5) is 24.7. The molecule has 1 amide bonds. The molecule has 1 fully saturated rings. The number of rotatable bonds is 5. The first kappa shape index (κ1) is 17.7. The van der Waals surface area contributed by atoms with E-state index in [0.29, 0.717) is 5.56 Å². The van der Waals surface area contributed by atoms with Crippen LogP contribution in [0.3, 0.4) is 0 Å². The molecule has 1 N–H and O–H groups in total. The van der Waals surface area contributed by atoms with Gasteiger partial charge in [0.1, 0.15) is 0 Å². The molecule has 1 heterocycles. The molecule has 3 rings (SSSR count). The van der Waals surface area contributed by atoms with Crippen LogP contribution in [0, 0.1) is 10.1 Å². The lowest BCUT2D eigenvalue weighted by Crippen LogP contribution is -2.29. The van der Waals surface area contributed by atoms with Crippen LogP contribution in [0.4, 0.5) is 17.1 Å². The van der Waals surface area contributed by atoms with Crippen LogP contribution < -0.4 is 10.2 Å². The van der Waals surface area contributed by atoms with Crippen LogP contribution in [-0.2, 0) is 4.79 Å². The summed E-state index contributed by atoms with van der Waals surface area (Å²) in [5.74, 6) is -0.276. The smallest absolute Gasteiger partial charge is 0.270 e. The van der Waals surface area contributed by atoms with Crippen molar-refractivity contribution in [2.75, 3.05) is 23.3 Å². The number of hydrogen-bond donors (Lipinski definition) is 1. The number of carbonyl (C=O) groups excluding carboxylic acids is 1. The van der Waals surface area contributed by atoms with Gasteiger partial charge in [-0.15, -0.1) is 0 Å². The van der Waals surface area contributed by atoms with Gasteiger partial charge in [0.2, 0.25) is 5.91 Å². The molecule has 0 atom stereocenters. The largest absolute Gasteiger partial charge is 0.372 e. The first-order valence-corrected chi connectivity index (χ1v) is 8.70. The number of piperidine rings is 1. The Morgan fingerprint density at radius 1 is 1.08 bits per heavy atom. The number of nitrogens with one attached hydrogen (secondary N) is 1. The van der Waals surface area contributed by atoms with Crippen LogP contribution >= 0.6 is 0 Å². The van der Waals surface area contributed by atoms with E-state index in [9.17, 15) is 14.9 Å². The maximum absolute atomic E-state index is 12.0. The van der Waals surface area contributed by atoms with E-state index >= 15 is 0 Å². The number of amides is 1. The molecule has 1 saturated heterocycles. The van der Waals surface area contributed by atoms with Gasteiger partial charge in [0.05, 0.1) is 4.92 Å². The van der Waals surface area contributed by atoms with Crippen LogP contribution in [0.5, 0.6) is 0 Å². The van der Waals surface area contributed by atoms with Crippen molar-refractivity contribution in [1.29, 1.82) is 0 Å². The van der Waals surface area contributed by atoms with Crippen LogP contribution in [-0.4, -0.2) is 23.9 Å². The second-order valence-electron chi connectivity index (χ2n) is 6.27. The van der Waals surface area contributed by atoms with Gasteiger partial charge in [0.15, 0.2) is 0 Å². The Labute approximate surface area is 152 Å². The minimum atomic E-state index is -0.457. The van der Waals surface area contributed by atoms with Crippen molar-refractivity contribution in [3.63, 3.8) is 0 Å². The van der Waals surface area contributed by atoms with Gasteiger partial charge in [-0.2, -0.15) is 0 Å². The SMILES string of the molecule is O=C(/C=C/c1cccc([N+](=O)[O-])c1)Nc1ccc(N2CCCCC2)cc1. The van der Waals surface area contributed by atoms with Crippen molar-refractivity contribution in [3.8, 4) is 0 Å². The summed E-state index contributed by atoms with van der Waals surface area (Å²) < 4.78 is 0. The molecule has 26 heavy (non-hydrogen) atoms. The van der Waals surface area contributed by atoms with Crippen LogP contribution in [0.15, 0.2) is 54.6 Å². The highest BCUT2D eigenvalue weighted by atomic mass is 16.6. The summed E-state index contributed by atoms with van der Waals surface area (Å²) in [5.41, 5.74) is 2.50. The second kappa shape index (κ2) is 8.29. The zero-order chi connectivity index (χ0) is 18.4. The van der Waals surface area contributed by atoms with Crippen molar-refractivity contribution >= 4 is 29.0 Å². The zero-order valence-electron chi connectivity index (χ0n) is 14.4. The molecule has 2 aromatic carbocycles. The number of carbonyl (C=O) groups is 1. The Balaban J connectivity index is 1.59. The first-order valence-electron chi connectivity index (χ1n) is 8.70. The van der Waals surface area contributed by atoms with E-state index in [4.69, 9.17) is 0 Å².